The van der Waals surface area contributed by atoms with Crippen molar-refractivity contribution in [3.05, 3.63) is 69.7 Å². The van der Waals surface area contributed by atoms with Crippen LogP contribution in [-0.2, 0) is 9.47 Å². The van der Waals surface area contributed by atoms with Gasteiger partial charge in [0.25, 0.3) is 5.91 Å². The maximum absolute atomic E-state index is 13.0. The van der Waals surface area contributed by atoms with Crippen molar-refractivity contribution in [2.75, 3.05) is 40.4 Å². The fraction of sp³-hybridized carbons (Fsp3) is 0.576. The lowest BCUT2D eigenvalue weighted by Gasteiger charge is -2.22. The van der Waals surface area contributed by atoms with Gasteiger partial charge in [-0.05, 0) is 72.7 Å². The molecule has 2 amide bonds. The van der Waals surface area contributed by atoms with Crippen LogP contribution < -0.4 is 16.0 Å². The number of ether oxygens (including phenoxy) is 2. The Morgan fingerprint density at radius 2 is 1.63 bits per heavy atom. The molecule has 1 unspecified atom stereocenters. The van der Waals surface area contributed by atoms with Gasteiger partial charge in [-0.15, -0.1) is 0 Å². The normalized spacial score (nSPS) is 16.4. The lowest BCUT2D eigenvalue weighted by atomic mass is 9.90. The van der Waals surface area contributed by atoms with E-state index in [1.165, 1.54) is 52.1 Å². The largest absolute Gasteiger partial charge is 0.453 e. The Hall–Kier alpha value is -2.61. The smallest absolute Gasteiger partial charge is 0.406 e. The molecular weight excluding hydrogens is 538 g/mol. The van der Waals surface area contributed by atoms with Crippen LogP contribution in [0.2, 0.25) is 5.02 Å². The zero-order valence-electron chi connectivity index (χ0n) is 25.0. The van der Waals surface area contributed by atoms with Gasteiger partial charge in [0.15, 0.2) is 0 Å². The summed E-state index contributed by atoms with van der Waals surface area (Å²) in [5.41, 5.74) is 3.56. The number of rotatable bonds is 11. The Morgan fingerprint density at radius 3 is 2.27 bits per heavy atom. The van der Waals surface area contributed by atoms with Crippen LogP contribution >= 0.6 is 11.6 Å². The second kappa shape index (κ2) is 18.0. The molecule has 0 saturated heterocycles. The fourth-order valence-electron chi connectivity index (χ4n) is 5.62. The number of carbonyl (C=O) groups excluding carboxylic acids is 2. The predicted molar refractivity (Wildman–Crippen MR) is 166 cm³/mol. The quantitative estimate of drug-likeness (QED) is 0.247. The summed E-state index contributed by atoms with van der Waals surface area (Å²) in [6, 6.07) is 13.6. The number of nitrogens with one attached hydrogen (secondary N) is 3. The second-order valence-corrected chi connectivity index (χ2v) is 11.6. The van der Waals surface area contributed by atoms with E-state index in [0.717, 1.165) is 35.4 Å². The molecule has 41 heavy (non-hydrogen) atoms. The molecule has 1 atom stereocenters. The molecule has 2 aliphatic carbocycles. The minimum absolute atomic E-state index is 0.103. The van der Waals surface area contributed by atoms with E-state index >= 15 is 0 Å². The van der Waals surface area contributed by atoms with Crippen LogP contribution in [0.1, 0.15) is 104 Å². The SMILES string of the molecule is CC1CCCCC1.CNCCNC(=O)c1cc(C2CCCC2)cc(C(OCCNC(=O)OC)c2cccc(Cl)c2)c1. The molecule has 3 N–H and O–H groups in total. The Morgan fingerprint density at radius 1 is 0.902 bits per heavy atom. The highest BCUT2D eigenvalue weighted by molar-refractivity contribution is 6.30. The summed E-state index contributed by atoms with van der Waals surface area (Å²) in [6.45, 7) is 4.17. The third-order valence-electron chi connectivity index (χ3n) is 7.92. The number of hydrogen-bond acceptors (Lipinski definition) is 5. The van der Waals surface area contributed by atoms with Gasteiger partial charge < -0.3 is 25.4 Å². The molecule has 8 heteroatoms. The second-order valence-electron chi connectivity index (χ2n) is 11.2. The van der Waals surface area contributed by atoms with Crippen LogP contribution in [0.4, 0.5) is 4.79 Å². The molecule has 0 radical (unpaired) electrons. The van der Waals surface area contributed by atoms with E-state index in [9.17, 15) is 9.59 Å². The predicted octanol–water partition coefficient (Wildman–Crippen LogP) is 7.00. The van der Waals surface area contributed by atoms with Crippen LogP contribution in [0, 0.1) is 5.92 Å². The number of alkyl carbamates (subject to hydrolysis) is 1. The van der Waals surface area contributed by atoms with Crippen LogP contribution in [0.15, 0.2) is 42.5 Å². The van der Waals surface area contributed by atoms with Gasteiger partial charge in [0, 0.05) is 30.2 Å². The van der Waals surface area contributed by atoms with Crippen LogP contribution in [0.3, 0.4) is 0 Å². The Kier molecular flexibility index (Phi) is 14.5. The Bertz CT molecular complexity index is 1080. The lowest BCUT2D eigenvalue weighted by Crippen LogP contribution is -2.30. The molecule has 2 saturated carbocycles. The average molecular weight is 586 g/mol. The van der Waals surface area contributed by atoms with E-state index in [1.807, 2.05) is 43.4 Å². The van der Waals surface area contributed by atoms with E-state index in [0.29, 0.717) is 36.1 Å². The van der Waals surface area contributed by atoms with Gasteiger partial charge in [0.05, 0.1) is 13.7 Å². The van der Waals surface area contributed by atoms with E-state index in [2.05, 4.69) is 33.7 Å². The van der Waals surface area contributed by atoms with E-state index in [1.54, 1.807) is 0 Å². The third kappa shape index (κ3) is 11.3. The zero-order chi connectivity index (χ0) is 29.5. The Labute approximate surface area is 251 Å². The van der Waals surface area contributed by atoms with Gasteiger partial charge in [-0.3, -0.25) is 4.79 Å². The maximum atomic E-state index is 13.0. The summed E-state index contributed by atoms with van der Waals surface area (Å²) in [5.74, 6) is 1.37. The first kappa shape index (κ1) is 32.9. The van der Waals surface area contributed by atoms with Crippen molar-refractivity contribution >= 4 is 23.6 Å². The molecule has 0 aliphatic heterocycles. The van der Waals surface area contributed by atoms with Crippen molar-refractivity contribution in [2.24, 2.45) is 5.92 Å². The van der Waals surface area contributed by atoms with Crippen molar-refractivity contribution in [3.8, 4) is 0 Å². The summed E-state index contributed by atoms with van der Waals surface area (Å²) < 4.78 is 10.9. The zero-order valence-corrected chi connectivity index (χ0v) is 25.7. The van der Waals surface area contributed by atoms with Crippen molar-refractivity contribution in [3.63, 3.8) is 0 Å². The minimum Gasteiger partial charge on any atom is -0.453 e. The molecule has 7 nitrogen and oxygen atoms in total. The first-order valence-electron chi connectivity index (χ1n) is 15.2. The molecule has 4 rings (SSSR count). The first-order chi connectivity index (χ1) is 19.9. The molecule has 2 fully saturated rings. The number of benzene rings is 2. The highest BCUT2D eigenvalue weighted by Crippen LogP contribution is 2.37. The Balaban J connectivity index is 0.000000575. The summed E-state index contributed by atoms with van der Waals surface area (Å²) in [5, 5.41) is 9.26. The summed E-state index contributed by atoms with van der Waals surface area (Å²) in [4.78, 5) is 24.4. The van der Waals surface area contributed by atoms with Crippen molar-refractivity contribution in [1.29, 1.82) is 0 Å². The fourth-order valence-corrected chi connectivity index (χ4v) is 5.82. The first-order valence-corrected chi connectivity index (χ1v) is 15.6. The van der Waals surface area contributed by atoms with Gasteiger partial charge >= 0.3 is 6.09 Å². The van der Waals surface area contributed by atoms with E-state index in [-0.39, 0.29) is 12.5 Å². The molecule has 2 aromatic rings. The average Bonchev–Trinajstić information content (AvgIpc) is 3.53. The molecule has 2 aliphatic rings. The number of hydrogen-bond donors (Lipinski definition) is 3. The van der Waals surface area contributed by atoms with Crippen LogP contribution in [0.5, 0.6) is 0 Å². The summed E-state index contributed by atoms with van der Waals surface area (Å²) >= 11 is 6.29. The van der Waals surface area contributed by atoms with Gasteiger partial charge in [-0.2, -0.15) is 0 Å². The van der Waals surface area contributed by atoms with Gasteiger partial charge in [-0.1, -0.05) is 81.7 Å². The van der Waals surface area contributed by atoms with Gasteiger partial charge in [0.2, 0.25) is 0 Å². The van der Waals surface area contributed by atoms with Crippen molar-refractivity contribution in [1.82, 2.24) is 16.0 Å². The third-order valence-corrected chi connectivity index (χ3v) is 8.15. The van der Waals surface area contributed by atoms with Gasteiger partial charge in [0.1, 0.15) is 6.10 Å². The molecule has 2 aromatic carbocycles. The lowest BCUT2D eigenvalue weighted by molar-refractivity contribution is 0.0803. The number of likely N-dealkylation sites (N-methyl/N-ethyl adjacent to an activating group) is 1. The molecule has 0 bridgehead atoms. The topological polar surface area (TPSA) is 88.7 Å². The van der Waals surface area contributed by atoms with E-state index in [4.69, 9.17) is 16.3 Å². The summed E-state index contributed by atoms with van der Waals surface area (Å²) in [7, 11) is 3.18. The number of amides is 2. The molecule has 0 spiro atoms. The monoisotopic (exact) mass is 585 g/mol. The number of methoxy groups -OCH3 is 1. The van der Waals surface area contributed by atoms with Gasteiger partial charge in [-0.25, -0.2) is 4.79 Å². The highest BCUT2D eigenvalue weighted by Gasteiger charge is 2.23. The highest BCUT2D eigenvalue weighted by atomic mass is 35.5. The molecule has 226 valence electrons. The summed E-state index contributed by atoms with van der Waals surface area (Å²) in [6.07, 6.45) is 11.1. The number of carbonyl (C=O) groups is 2. The van der Waals surface area contributed by atoms with Crippen LogP contribution in [0.25, 0.3) is 0 Å². The molecule has 0 heterocycles. The van der Waals surface area contributed by atoms with Crippen LogP contribution in [-0.4, -0.2) is 52.4 Å². The standard InChI is InChI=1S/C26H34ClN3O4.C7H14/c1-28-10-11-29-25(31)22-15-20(18-6-3-4-7-18)14-21(16-22)24(19-8-5-9-23(27)17-19)34-13-12-30-26(32)33-2;1-7-5-3-2-4-6-7/h5,8-9,14-18,24,28H,3-4,6-7,10-13H2,1-2H3,(H,29,31)(H,30,32);7H,2-6H2,1H3. The molecule has 0 aromatic heterocycles. The molecular formula is C33H48ClN3O4. The minimum atomic E-state index is -0.508. The maximum Gasteiger partial charge on any atom is 0.406 e. The number of halogens is 1. The van der Waals surface area contributed by atoms with Crippen molar-refractivity contribution < 1.29 is 19.1 Å². The van der Waals surface area contributed by atoms with E-state index < -0.39 is 12.2 Å². The van der Waals surface area contributed by atoms with Crippen molar-refractivity contribution in [2.45, 2.75) is 76.7 Å².